The summed E-state index contributed by atoms with van der Waals surface area (Å²) in [5, 5.41) is 7.31. The highest BCUT2D eigenvalue weighted by Crippen LogP contribution is 2.09. The van der Waals surface area contributed by atoms with E-state index in [0.29, 0.717) is 6.61 Å². The van der Waals surface area contributed by atoms with Gasteiger partial charge >= 0.3 is 0 Å². The van der Waals surface area contributed by atoms with Crippen molar-refractivity contribution in [1.82, 2.24) is 4.90 Å². The maximum absolute atomic E-state index is 11.4. The number of carbonyl (C=O) groups excluding carboxylic acids is 1. The van der Waals surface area contributed by atoms with E-state index in [4.69, 9.17) is 10.1 Å². The van der Waals surface area contributed by atoms with E-state index in [0.717, 1.165) is 25.9 Å². The van der Waals surface area contributed by atoms with E-state index in [1.54, 1.807) is 4.90 Å². The fourth-order valence-electron chi connectivity index (χ4n) is 1.44. The van der Waals surface area contributed by atoms with Crippen LogP contribution in [0.1, 0.15) is 26.2 Å². The molecule has 4 nitrogen and oxygen atoms in total. The van der Waals surface area contributed by atoms with Gasteiger partial charge < -0.3 is 9.64 Å². The van der Waals surface area contributed by atoms with E-state index >= 15 is 0 Å². The zero-order valence-electron chi connectivity index (χ0n) is 8.01. The van der Waals surface area contributed by atoms with Crippen molar-refractivity contribution in [3.05, 3.63) is 0 Å². The topological polar surface area (TPSA) is 53.4 Å². The molecular weight excluding hydrogens is 168 g/mol. The van der Waals surface area contributed by atoms with Crippen LogP contribution in [0.15, 0.2) is 0 Å². The number of rotatable bonds is 3. The second-order valence-corrected chi connectivity index (χ2v) is 3.12. The molecule has 0 aromatic rings. The number of nitrogens with one attached hydrogen (secondary N) is 1. The molecule has 1 aliphatic rings. The molecule has 1 heterocycles. The number of likely N-dealkylation sites (tertiary alicyclic amines) is 1. The van der Waals surface area contributed by atoms with E-state index in [2.05, 4.69) is 0 Å². The Labute approximate surface area is 78.4 Å². The van der Waals surface area contributed by atoms with Crippen LogP contribution >= 0.6 is 0 Å². The van der Waals surface area contributed by atoms with Gasteiger partial charge in [0, 0.05) is 13.1 Å². The van der Waals surface area contributed by atoms with Gasteiger partial charge in [-0.2, -0.15) is 0 Å². The van der Waals surface area contributed by atoms with Gasteiger partial charge in [-0.05, 0) is 19.8 Å². The summed E-state index contributed by atoms with van der Waals surface area (Å²) >= 11 is 0. The van der Waals surface area contributed by atoms with E-state index in [-0.39, 0.29) is 18.2 Å². The first-order valence-electron chi connectivity index (χ1n) is 4.72. The maximum atomic E-state index is 11.4. The van der Waals surface area contributed by atoms with Gasteiger partial charge in [-0.15, -0.1) is 0 Å². The van der Waals surface area contributed by atoms with Gasteiger partial charge in [-0.1, -0.05) is 0 Å². The minimum absolute atomic E-state index is 0.0240. The minimum Gasteiger partial charge on any atom is -0.481 e. The second-order valence-electron chi connectivity index (χ2n) is 3.12. The first kappa shape index (κ1) is 10.0. The Hall–Kier alpha value is -1.06. The summed E-state index contributed by atoms with van der Waals surface area (Å²) in [5.74, 6) is 0.107. The zero-order valence-corrected chi connectivity index (χ0v) is 8.01. The molecule has 0 bridgehead atoms. The fourth-order valence-corrected chi connectivity index (χ4v) is 1.44. The fraction of sp³-hybridized carbons (Fsp3) is 0.778. The standard InChI is InChI=1S/C9H16N2O2/c1-2-13-8(10)7-9(12)11-5-3-4-6-11/h10H,2-7H2,1H3. The second kappa shape index (κ2) is 4.84. The highest BCUT2D eigenvalue weighted by Gasteiger charge is 2.19. The van der Waals surface area contributed by atoms with Gasteiger partial charge in [-0.25, -0.2) is 0 Å². The Morgan fingerprint density at radius 3 is 2.62 bits per heavy atom. The van der Waals surface area contributed by atoms with Crippen LogP contribution in [0.2, 0.25) is 0 Å². The normalized spacial score (nSPS) is 15.9. The van der Waals surface area contributed by atoms with Crippen molar-refractivity contribution < 1.29 is 9.53 Å². The van der Waals surface area contributed by atoms with E-state index in [9.17, 15) is 4.79 Å². The Morgan fingerprint density at radius 2 is 2.08 bits per heavy atom. The molecule has 0 radical (unpaired) electrons. The molecule has 1 fully saturated rings. The summed E-state index contributed by atoms with van der Waals surface area (Å²) in [6, 6.07) is 0. The van der Waals surface area contributed by atoms with Crippen LogP contribution in [-0.4, -0.2) is 36.4 Å². The summed E-state index contributed by atoms with van der Waals surface area (Å²) in [7, 11) is 0. The van der Waals surface area contributed by atoms with Crippen molar-refractivity contribution >= 4 is 11.8 Å². The minimum atomic E-state index is 0.0240. The van der Waals surface area contributed by atoms with Gasteiger partial charge in [0.2, 0.25) is 5.91 Å². The van der Waals surface area contributed by atoms with E-state index in [1.807, 2.05) is 6.92 Å². The first-order chi connectivity index (χ1) is 6.24. The van der Waals surface area contributed by atoms with Crippen LogP contribution in [0.25, 0.3) is 0 Å². The third-order valence-electron chi connectivity index (χ3n) is 2.09. The molecule has 13 heavy (non-hydrogen) atoms. The molecular formula is C9H16N2O2. The molecule has 0 atom stereocenters. The van der Waals surface area contributed by atoms with Crippen LogP contribution in [0.4, 0.5) is 0 Å². The molecule has 0 aliphatic carbocycles. The third kappa shape index (κ3) is 3.05. The molecule has 0 aromatic carbocycles. The zero-order chi connectivity index (χ0) is 9.68. The Kier molecular flexibility index (Phi) is 3.73. The predicted molar refractivity (Wildman–Crippen MR) is 49.8 cm³/mol. The van der Waals surface area contributed by atoms with Gasteiger partial charge in [0.1, 0.15) is 6.42 Å². The van der Waals surface area contributed by atoms with E-state index in [1.165, 1.54) is 0 Å². The smallest absolute Gasteiger partial charge is 0.231 e. The van der Waals surface area contributed by atoms with Gasteiger partial charge in [0.05, 0.1) is 6.61 Å². The molecule has 0 saturated carbocycles. The maximum Gasteiger partial charge on any atom is 0.231 e. The Bertz CT molecular complexity index is 198. The van der Waals surface area contributed by atoms with Crippen LogP contribution < -0.4 is 0 Å². The lowest BCUT2D eigenvalue weighted by atomic mass is 10.3. The van der Waals surface area contributed by atoms with Gasteiger partial charge in [0.15, 0.2) is 5.90 Å². The average molecular weight is 184 g/mol. The number of hydrogen-bond acceptors (Lipinski definition) is 3. The van der Waals surface area contributed by atoms with Crippen molar-refractivity contribution in [2.45, 2.75) is 26.2 Å². The monoisotopic (exact) mass is 184 g/mol. The third-order valence-corrected chi connectivity index (χ3v) is 2.09. The molecule has 1 N–H and O–H groups in total. The molecule has 1 aliphatic heterocycles. The van der Waals surface area contributed by atoms with Gasteiger partial charge in [0.25, 0.3) is 0 Å². The number of nitrogens with zero attached hydrogens (tertiary/aromatic N) is 1. The lowest BCUT2D eigenvalue weighted by Crippen LogP contribution is -2.29. The first-order valence-corrected chi connectivity index (χ1v) is 4.72. The predicted octanol–water partition coefficient (Wildman–Crippen LogP) is 1.01. The molecule has 0 spiro atoms. The molecule has 1 amide bonds. The quantitative estimate of drug-likeness (QED) is 0.525. The molecule has 1 saturated heterocycles. The highest BCUT2D eigenvalue weighted by atomic mass is 16.5. The lowest BCUT2D eigenvalue weighted by molar-refractivity contribution is -0.129. The largest absolute Gasteiger partial charge is 0.481 e. The number of ether oxygens (including phenoxy) is 1. The van der Waals surface area contributed by atoms with Crippen LogP contribution in [0.3, 0.4) is 0 Å². The van der Waals surface area contributed by atoms with Crippen LogP contribution in [0.5, 0.6) is 0 Å². The van der Waals surface area contributed by atoms with E-state index < -0.39 is 0 Å². The average Bonchev–Trinajstić information content (AvgIpc) is 2.55. The van der Waals surface area contributed by atoms with Crippen molar-refractivity contribution in [3.63, 3.8) is 0 Å². The van der Waals surface area contributed by atoms with Crippen molar-refractivity contribution in [1.29, 1.82) is 5.41 Å². The summed E-state index contributed by atoms with van der Waals surface area (Å²) in [4.78, 5) is 13.2. The molecule has 1 rings (SSSR count). The number of hydrogen-bond donors (Lipinski definition) is 1. The molecule has 74 valence electrons. The van der Waals surface area contributed by atoms with Crippen molar-refractivity contribution in [2.75, 3.05) is 19.7 Å². The van der Waals surface area contributed by atoms with Crippen molar-refractivity contribution in [2.24, 2.45) is 0 Å². The lowest BCUT2D eigenvalue weighted by Gasteiger charge is -2.15. The number of carbonyl (C=O) groups is 1. The highest BCUT2D eigenvalue weighted by molar-refractivity contribution is 5.95. The Morgan fingerprint density at radius 1 is 1.46 bits per heavy atom. The Balaban J connectivity index is 2.27. The number of amides is 1. The summed E-state index contributed by atoms with van der Waals surface area (Å²) < 4.78 is 4.91. The summed E-state index contributed by atoms with van der Waals surface area (Å²) in [5.41, 5.74) is 0. The summed E-state index contributed by atoms with van der Waals surface area (Å²) in [6.45, 7) is 3.97. The van der Waals surface area contributed by atoms with Gasteiger partial charge in [-0.3, -0.25) is 10.2 Å². The molecule has 0 unspecified atom stereocenters. The SMILES string of the molecule is CCOC(=N)CC(=O)N1CCCC1. The molecule has 0 aromatic heterocycles. The van der Waals surface area contributed by atoms with Crippen LogP contribution in [0, 0.1) is 5.41 Å². The summed E-state index contributed by atoms with van der Waals surface area (Å²) in [6.07, 6.45) is 2.30. The van der Waals surface area contributed by atoms with Crippen molar-refractivity contribution in [3.8, 4) is 0 Å². The van der Waals surface area contributed by atoms with Crippen LogP contribution in [-0.2, 0) is 9.53 Å². The molecule has 4 heteroatoms.